The summed E-state index contributed by atoms with van der Waals surface area (Å²) in [6.45, 7) is 1.86. The third-order valence-corrected chi connectivity index (χ3v) is 3.69. The van der Waals surface area contributed by atoms with Crippen LogP contribution in [0.15, 0.2) is 0 Å². The second-order valence-corrected chi connectivity index (χ2v) is 5.44. The molecule has 1 rings (SSSR count). The molecule has 1 aliphatic rings. The summed E-state index contributed by atoms with van der Waals surface area (Å²) in [4.78, 5) is 22.0. The quantitative estimate of drug-likeness (QED) is 0.700. The number of hydrogen-bond donors (Lipinski definition) is 2. The van der Waals surface area contributed by atoms with E-state index in [-0.39, 0.29) is 18.4 Å². The van der Waals surface area contributed by atoms with Crippen LogP contribution in [0, 0.1) is 5.92 Å². The van der Waals surface area contributed by atoms with Crippen LogP contribution in [0.3, 0.4) is 0 Å². The van der Waals surface area contributed by atoms with E-state index in [1.165, 1.54) is 25.7 Å². The SMILES string of the molecule is CC(CCC(=O)O)NC(=O)CCCC1CCCC1. The first-order valence-electron chi connectivity index (χ1n) is 7.09. The van der Waals surface area contributed by atoms with Crippen molar-refractivity contribution in [3.05, 3.63) is 0 Å². The smallest absolute Gasteiger partial charge is 0.303 e. The van der Waals surface area contributed by atoms with E-state index in [0.29, 0.717) is 12.8 Å². The fraction of sp³-hybridized carbons (Fsp3) is 0.857. The van der Waals surface area contributed by atoms with E-state index in [1.54, 1.807) is 0 Å². The van der Waals surface area contributed by atoms with Crippen LogP contribution in [0.25, 0.3) is 0 Å². The molecule has 4 nitrogen and oxygen atoms in total. The summed E-state index contributed by atoms with van der Waals surface area (Å²) >= 11 is 0. The zero-order valence-corrected chi connectivity index (χ0v) is 11.3. The van der Waals surface area contributed by atoms with Gasteiger partial charge < -0.3 is 10.4 Å². The topological polar surface area (TPSA) is 66.4 Å². The molecule has 2 N–H and O–H groups in total. The van der Waals surface area contributed by atoms with Crippen molar-refractivity contribution in [3.63, 3.8) is 0 Å². The average molecular weight is 255 g/mol. The third kappa shape index (κ3) is 6.62. The molecule has 0 aliphatic heterocycles. The van der Waals surface area contributed by atoms with Gasteiger partial charge in [-0.2, -0.15) is 0 Å². The van der Waals surface area contributed by atoms with Crippen molar-refractivity contribution in [2.24, 2.45) is 5.92 Å². The van der Waals surface area contributed by atoms with E-state index in [4.69, 9.17) is 5.11 Å². The van der Waals surface area contributed by atoms with Crippen LogP contribution in [0.2, 0.25) is 0 Å². The lowest BCUT2D eigenvalue weighted by atomic mass is 10.0. The molecular formula is C14H25NO3. The van der Waals surface area contributed by atoms with E-state index in [9.17, 15) is 9.59 Å². The van der Waals surface area contributed by atoms with Gasteiger partial charge in [0.15, 0.2) is 0 Å². The molecular weight excluding hydrogens is 230 g/mol. The Morgan fingerprint density at radius 2 is 1.94 bits per heavy atom. The second-order valence-electron chi connectivity index (χ2n) is 5.44. The predicted octanol–water partition coefficient (Wildman–Crippen LogP) is 2.72. The van der Waals surface area contributed by atoms with E-state index in [2.05, 4.69) is 5.32 Å². The van der Waals surface area contributed by atoms with Crippen LogP contribution >= 0.6 is 0 Å². The summed E-state index contributed by atoms with van der Waals surface area (Å²) in [6, 6.07) is -0.0416. The fourth-order valence-electron chi connectivity index (χ4n) is 2.61. The van der Waals surface area contributed by atoms with Crippen molar-refractivity contribution in [2.45, 2.75) is 70.8 Å². The third-order valence-electron chi connectivity index (χ3n) is 3.69. The number of carboxylic acids is 1. The number of amides is 1. The molecule has 1 fully saturated rings. The first-order valence-corrected chi connectivity index (χ1v) is 7.09. The maximum absolute atomic E-state index is 11.6. The van der Waals surface area contributed by atoms with Gasteiger partial charge in [-0.05, 0) is 32.1 Å². The van der Waals surface area contributed by atoms with Crippen molar-refractivity contribution in [1.82, 2.24) is 5.32 Å². The van der Waals surface area contributed by atoms with Gasteiger partial charge >= 0.3 is 5.97 Å². The number of carbonyl (C=O) groups is 2. The van der Waals surface area contributed by atoms with E-state index < -0.39 is 5.97 Å². The Hall–Kier alpha value is -1.06. The molecule has 4 heteroatoms. The van der Waals surface area contributed by atoms with Crippen molar-refractivity contribution < 1.29 is 14.7 Å². The Morgan fingerprint density at radius 1 is 1.28 bits per heavy atom. The molecule has 0 radical (unpaired) electrons. The summed E-state index contributed by atoms with van der Waals surface area (Å²) in [6.07, 6.45) is 8.68. The normalized spacial score (nSPS) is 17.6. The predicted molar refractivity (Wildman–Crippen MR) is 70.3 cm³/mol. The van der Waals surface area contributed by atoms with Crippen LogP contribution < -0.4 is 5.32 Å². The van der Waals surface area contributed by atoms with Crippen molar-refractivity contribution in [2.75, 3.05) is 0 Å². The monoisotopic (exact) mass is 255 g/mol. The number of hydrogen-bond acceptors (Lipinski definition) is 2. The molecule has 1 saturated carbocycles. The van der Waals surface area contributed by atoms with Crippen LogP contribution in [0.5, 0.6) is 0 Å². The summed E-state index contributed by atoms with van der Waals surface area (Å²) in [5.41, 5.74) is 0. The highest BCUT2D eigenvalue weighted by Gasteiger charge is 2.15. The second kappa shape index (κ2) is 8.11. The largest absolute Gasteiger partial charge is 0.481 e. The number of carboxylic acid groups (broad SMARTS) is 1. The molecule has 1 amide bonds. The van der Waals surface area contributed by atoms with Gasteiger partial charge in [0.1, 0.15) is 0 Å². The van der Waals surface area contributed by atoms with Gasteiger partial charge in [0.05, 0.1) is 0 Å². The van der Waals surface area contributed by atoms with Crippen LogP contribution in [-0.4, -0.2) is 23.0 Å². The average Bonchev–Trinajstić information content (AvgIpc) is 2.79. The van der Waals surface area contributed by atoms with Gasteiger partial charge in [-0.25, -0.2) is 0 Å². The van der Waals surface area contributed by atoms with Crippen LogP contribution in [0.4, 0.5) is 0 Å². The minimum atomic E-state index is -0.808. The van der Waals surface area contributed by atoms with Crippen LogP contribution in [0.1, 0.15) is 64.7 Å². The van der Waals surface area contributed by atoms with E-state index in [1.807, 2.05) is 6.92 Å². The van der Waals surface area contributed by atoms with Crippen LogP contribution in [-0.2, 0) is 9.59 Å². The Bertz CT molecular complexity index is 272. The highest BCUT2D eigenvalue weighted by Crippen LogP contribution is 2.28. The molecule has 0 heterocycles. The molecule has 1 unspecified atom stereocenters. The zero-order chi connectivity index (χ0) is 13.4. The number of aliphatic carboxylic acids is 1. The summed E-state index contributed by atoms with van der Waals surface area (Å²) in [5.74, 6) is 0.0884. The number of nitrogens with one attached hydrogen (secondary N) is 1. The Kier molecular flexibility index (Phi) is 6.76. The minimum Gasteiger partial charge on any atom is -0.481 e. The van der Waals surface area contributed by atoms with Crippen molar-refractivity contribution in [3.8, 4) is 0 Å². The lowest BCUT2D eigenvalue weighted by molar-refractivity contribution is -0.137. The highest BCUT2D eigenvalue weighted by atomic mass is 16.4. The standard InChI is InChI=1S/C14H25NO3/c1-11(9-10-14(17)18)15-13(16)8-4-7-12-5-2-3-6-12/h11-12H,2-10H2,1H3,(H,15,16)(H,17,18). The molecule has 18 heavy (non-hydrogen) atoms. The van der Waals surface area contributed by atoms with E-state index in [0.717, 1.165) is 18.8 Å². The number of carbonyl (C=O) groups excluding carboxylic acids is 1. The molecule has 1 aliphatic carbocycles. The van der Waals surface area contributed by atoms with Gasteiger partial charge in [-0.1, -0.05) is 25.7 Å². The lowest BCUT2D eigenvalue weighted by Crippen LogP contribution is -2.32. The van der Waals surface area contributed by atoms with Gasteiger partial charge in [-0.3, -0.25) is 9.59 Å². The summed E-state index contributed by atoms with van der Waals surface area (Å²) in [7, 11) is 0. The summed E-state index contributed by atoms with van der Waals surface area (Å²) in [5, 5.41) is 11.4. The zero-order valence-electron chi connectivity index (χ0n) is 11.3. The molecule has 0 aromatic carbocycles. The maximum Gasteiger partial charge on any atom is 0.303 e. The maximum atomic E-state index is 11.6. The molecule has 1 atom stereocenters. The number of rotatable bonds is 8. The van der Waals surface area contributed by atoms with E-state index >= 15 is 0 Å². The molecule has 0 saturated heterocycles. The van der Waals surface area contributed by atoms with Crippen molar-refractivity contribution in [1.29, 1.82) is 0 Å². The minimum absolute atomic E-state index is 0.0416. The van der Waals surface area contributed by atoms with Gasteiger partial charge in [0, 0.05) is 18.9 Å². The molecule has 0 aromatic heterocycles. The van der Waals surface area contributed by atoms with Gasteiger partial charge in [0.2, 0.25) is 5.91 Å². The Balaban J connectivity index is 2.03. The first kappa shape index (κ1) is 15.0. The molecule has 104 valence electrons. The first-order chi connectivity index (χ1) is 8.58. The molecule has 0 spiro atoms. The fourth-order valence-corrected chi connectivity index (χ4v) is 2.61. The lowest BCUT2D eigenvalue weighted by Gasteiger charge is -2.13. The Labute approximate surface area is 109 Å². The van der Waals surface area contributed by atoms with Crippen molar-refractivity contribution >= 4 is 11.9 Å². The highest BCUT2D eigenvalue weighted by molar-refractivity contribution is 5.76. The van der Waals surface area contributed by atoms with Gasteiger partial charge in [-0.15, -0.1) is 0 Å². The summed E-state index contributed by atoms with van der Waals surface area (Å²) < 4.78 is 0. The molecule has 0 bridgehead atoms. The molecule has 0 aromatic rings. The Morgan fingerprint density at radius 3 is 2.56 bits per heavy atom. The van der Waals surface area contributed by atoms with Gasteiger partial charge in [0.25, 0.3) is 0 Å².